The van der Waals surface area contributed by atoms with E-state index in [1.54, 1.807) is 7.11 Å². The molecule has 0 saturated carbocycles. The molecule has 0 fully saturated rings. The summed E-state index contributed by atoms with van der Waals surface area (Å²) in [5.41, 5.74) is 28.1. The average molecular weight is 971 g/mol. The number of hydrogen-bond acceptors (Lipinski definition) is 4. The molecule has 9 aromatic rings. The van der Waals surface area contributed by atoms with Crippen molar-refractivity contribution in [1.29, 1.82) is 0 Å². The van der Waals surface area contributed by atoms with Crippen LogP contribution in [0, 0.1) is 0 Å². The first kappa shape index (κ1) is 47.0. The molecule has 4 heterocycles. The van der Waals surface area contributed by atoms with Crippen LogP contribution in [0.4, 0.5) is 34.1 Å². The molecule has 0 unspecified atom stereocenters. The van der Waals surface area contributed by atoms with Gasteiger partial charge < -0.3 is 14.5 Å². The van der Waals surface area contributed by atoms with Crippen LogP contribution in [-0.2, 0) is 16.2 Å². The topological polar surface area (TPSA) is 32.8 Å². The molecule has 0 radical (unpaired) electrons. The van der Waals surface area contributed by atoms with Gasteiger partial charge in [-0.2, -0.15) is 0 Å². The second-order valence-corrected chi connectivity index (χ2v) is 24.5. The number of rotatable bonds is 6. The smallest absolute Gasteiger partial charge is 0.252 e. The number of carbonyl (C=O) groups excluding carboxylic acids is 1. The third kappa shape index (κ3) is 7.40. The molecular weight excluding hydrogens is 909 g/mol. The van der Waals surface area contributed by atoms with E-state index in [2.05, 4.69) is 242 Å². The number of para-hydroxylation sites is 2. The molecule has 4 aliphatic rings. The summed E-state index contributed by atoms with van der Waals surface area (Å²) >= 11 is 0. The quantitative estimate of drug-likeness (QED) is 0.123. The number of aldehydes is 1. The molecule has 0 bridgehead atoms. The Labute approximate surface area is 444 Å². The van der Waals surface area contributed by atoms with Crippen molar-refractivity contribution in [3.8, 4) is 28.0 Å². The van der Waals surface area contributed by atoms with Crippen molar-refractivity contribution in [2.45, 2.75) is 78.6 Å². The molecule has 4 nitrogen and oxygen atoms in total. The molecule has 13 rings (SSSR count). The van der Waals surface area contributed by atoms with Crippen LogP contribution in [0.15, 0.2) is 182 Å². The maximum atomic E-state index is 12.1. The highest BCUT2D eigenvalue weighted by Crippen LogP contribution is 2.48. The molecule has 364 valence electrons. The van der Waals surface area contributed by atoms with Crippen molar-refractivity contribution in [2.24, 2.45) is 0 Å². The Morgan fingerprint density at radius 1 is 0.387 bits per heavy atom. The zero-order valence-corrected chi connectivity index (χ0v) is 44.8. The van der Waals surface area contributed by atoms with E-state index in [9.17, 15) is 4.79 Å². The van der Waals surface area contributed by atoms with Crippen LogP contribution in [0.5, 0.6) is 5.75 Å². The lowest BCUT2D eigenvalue weighted by Crippen LogP contribution is -2.69. The Kier molecular flexibility index (Phi) is 10.6. The number of anilines is 6. The summed E-state index contributed by atoms with van der Waals surface area (Å²) in [6.07, 6.45) is 0.938. The van der Waals surface area contributed by atoms with E-state index < -0.39 is 0 Å². The summed E-state index contributed by atoms with van der Waals surface area (Å²) < 4.78 is 5.61. The van der Waals surface area contributed by atoms with Crippen molar-refractivity contribution >= 4 is 110 Å². The van der Waals surface area contributed by atoms with E-state index in [4.69, 9.17) is 4.74 Å². The van der Waals surface area contributed by atoms with E-state index in [0.717, 1.165) is 28.7 Å². The Morgan fingerprint density at radius 2 is 0.840 bits per heavy atom. The minimum Gasteiger partial charge on any atom is -0.497 e. The van der Waals surface area contributed by atoms with E-state index in [-0.39, 0.29) is 36.4 Å². The predicted molar refractivity (Wildman–Crippen MR) is 322 cm³/mol. The van der Waals surface area contributed by atoms with Crippen LogP contribution in [0.2, 0.25) is 0 Å². The van der Waals surface area contributed by atoms with Gasteiger partial charge in [-0.1, -0.05) is 219 Å². The number of nitrogens with zero attached hydrogens (tertiary/aromatic N) is 2. The number of fused-ring (bicyclic) bond motifs is 8. The van der Waals surface area contributed by atoms with Crippen molar-refractivity contribution in [3.63, 3.8) is 0 Å². The fourth-order valence-corrected chi connectivity index (χ4v) is 12.8. The van der Waals surface area contributed by atoms with Gasteiger partial charge in [-0.15, -0.1) is 0 Å². The van der Waals surface area contributed by atoms with Gasteiger partial charge in [0, 0.05) is 39.7 Å². The fourth-order valence-electron chi connectivity index (χ4n) is 12.8. The Morgan fingerprint density at radius 3 is 1.40 bits per heavy atom. The lowest BCUT2D eigenvalue weighted by Gasteiger charge is -2.50. The highest BCUT2D eigenvalue weighted by atomic mass is 16.5. The monoisotopic (exact) mass is 971 g/mol. The Bertz CT molecular complexity index is 3790. The Hall–Kier alpha value is -7.76. The number of ether oxygens (including phenoxy) is 1. The van der Waals surface area contributed by atoms with Crippen molar-refractivity contribution < 1.29 is 9.53 Å². The average Bonchev–Trinajstić information content (AvgIpc) is 3.55. The normalized spacial score (nSPS) is 13.9. The summed E-state index contributed by atoms with van der Waals surface area (Å²) in [5.74, 6) is 0.847. The minimum atomic E-state index is -0.164. The van der Waals surface area contributed by atoms with Gasteiger partial charge in [0.1, 0.15) is 12.0 Å². The maximum Gasteiger partial charge on any atom is 0.252 e. The standard InChI is InChI=1S/C68H61B3N2O2/c1-66(2,3)47-25-29-50(30-26-47)69-53-14-11-12-17-59(53)72-61-39-49(68(7,8)9)40-62-63(61)71(58-38-46(37-57(69)65(58)72)44-20-18-42(41-74)19-21-44)55-16-13-15-54-64(55)73(62)60-35-24-45(43-22-33-52(75-10)34-23-43)36-56(60)70(54)51-31-27-48(28-32-51)67(4,5)6/h11-41H,1-10H3. The van der Waals surface area contributed by atoms with Crippen LogP contribution in [-0.4, -0.2) is 33.5 Å². The van der Waals surface area contributed by atoms with Gasteiger partial charge >= 0.3 is 0 Å². The van der Waals surface area contributed by atoms with Gasteiger partial charge in [-0.25, -0.2) is 0 Å². The van der Waals surface area contributed by atoms with Crippen molar-refractivity contribution in [2.75, 3.05) is 16.9 Å². The van der Waals surface area contributed by atoms with Crippen molar-refractivity contribution in [3.05, 3.63) is 204 Å². The van der Waals surface area contributed by atoms with E-state index in [1.807, 2.05) is 12.1 Å². The molecule has 0 amide bonds. The number of benzene rings is 9. The van der Waals surface area contributed by atoms with Gasteiger partial charge in [-0.3, -0.25) is 4.79 Å². The molecule has 0 atom stereocenters. The summed E-state index contributed by atoms with van der Waals surface area (Å²) in [6, 6.07) is 69.0. The third-order valence-electron chi connectivity index (χ3n) is 16.8. The lowest BCUT2D eigenvalue weighted by molar-refractivity contribution is 0.112. The van der Waals surface area contributed by atoms with Crippen LogP contribution >= 0.6 is 0 Å². The van der Waals surface area contributed by atoms with E-state index >= 15 is 0 Å². The van der Waals surface area contributed by atoms with Gasteiger partial charge in [-0.05, 0) is 130 Å². The predicted octanol–water partition coefficient (Wildman–Crippen LogP) is 10.5. The maximum absolute atomic E-state index is 12.1. The highest BCUT2D eigenvalue weighted by molar-refractivity contribution is 7.05. The third-order valence-corrected chi connectivity index (χ3v) is 16.8. The first-order chi connectivity index (χ1) is 36.0. The van der Waals surface area contributed by atoms with Gasteiger partial charge in [0.05, 0.1) is 7.11 Å². The van der Waals surface area contributed by atoms with E-state index in [1.165, 1.54) is 106 Å². The molecule has 0 aliphatic carbocycles. The summed E-state index contributed by atoms with van der Waals surface area (Å²) in [5, 5.41) is 0. The lowest BCUT2D eigenvalue weighted by atomic mass is 9.28. The molecule has 7 heteroatoms. The summed E-state index contributed by atoms with van der Waals surface area (Å²) in [6.45, 7) is 20.7. The molecule has 4 aliphatic heterocycles. The highest BCUT2D eigenvalue weighted by Gasteiger charge is 2.51. The van der Waals surface area contributed by atoms with E-state index in [0.29, 0.717) is 5.56 Å². The SMILES string of the molecule is COc1ccc(-c2ccc3c(c2)B(c2ccc(C(C)(C)C)cc2)c2cccc4c2N3c2cc(C(C)(C)C)cc3c2B4c2cc(-c4ccc(C=O)cc4)cc4c2N3c2ccccc2B4c2ccc(C(C)(C)C)cc2)cc1. The molecule has 0 spiro atoms. The van der Waals surface area contributed by atoms with Crippen LogP contribution < -0.4 is 63.7 Å². The molecule has 0 saturated heterocycles. The molecule has 0 N–H and O–H groups in total. The van der Waals surface area contributed by atoms with Crippen LogP contribution in [0.1, 0.15) is 89.4 Å². The zero-order valence-electron chi connectivity index (χ0n) is 44.8. The molecule has 0 aromatic heterocycles. The number of carbonyl (C=O) groups is 1. The largest absolute Gasteiger partial charge is 0.497 e. The minimum absolute atomic E-state index is 0.0217. The first-order valence-electron chi connectivity index (χ1n) is 26.7. The first-order valence-corrected chi connectivity index (χ1v) is 26.7. The second kappa shape index (κ2) is 16.9. The van der Waals surface area contributed by atoms with Crippen LogP contribution in [0.25, 0.3) is 22.3 Å². The van der Waals surface area contributed by atoms with Gasteiger partial charge in [0.25, 0.3) is 6.71 Å². The number of methoxy groups -OCH3 is 1. The molecule has 9 aromatic carbocycles. The molecular formula is C68H61B3N2O2. The van der Waals surface area contributed by atoms with Gasteiger partial charge in [0.15, 0.2) is 0 Å². The second-order valence-electron chi connectivity index (χ2n) is 24.5. The number of hydrogen-bond donors (Lipinski definition) is 0. The Balaban J connectivity index is 1.13. The van der Waals surface area contributed by atoms with Crippen molar-refractivity contribution in [1.82, 2.24) is 0 Å². The fraction of sp³-hybridized carbons (Fsp3) is 0.191. The summed E-state index contributed by atoms with van der Waals surface area (Å²) in [7, 11) is 1.73. The molecule has 75 heavy (non-hydrogen) atoms. The van der Waals surface area contributed by atoms with Gasteiger partial charge in [0.2, 0.25) is 13.4 Å². The van der Waals surface area contributed by atoms with Crippen LogP contribution in [0.3, 0.4) is 0 Å². The zero-order chi connectivity index (χ0) is 51.9. The summed E-state index contributed by atoms with van der Waals surface area (Å²) in [4.78, 5) is 17.3.